The van der Waals surface area contributed by atoms with Crippen molar-refractivity contribution in [3.8, 4) is 5.75 Å². The number of rotatable bonds is 7. The Morgan fingerprint density at radius 3 is 2.50 bits per heavy atom. The molecule has 0 aliphatic carbocycles. The number of benzene rings is 1. The minimum atomic E-state index is 0.496. The van der Waals surface area contributed by atoms with Gasteiger partial charge in [-0.25, -0.2) is 0 Å². The Morgan fingerprint density at radius 1 is 1.18 bits per heavy atom. The monoisotopic (exact) mass is 304 g/mol. The van der Waals surface area contributed by atoms with Gasteiger partial charge in [0.05, 0.1) is 6.61 Å². The van der Waals surface area contributed by atoms with E-state index >= 15 is 0 Å². The summed E-state index contributed by atoms with van der Waals surface area (Å²) in [5, 5.41) is 0. The van der Waals surface area contributed by atoms with Gasteiger partial charge >= 0.3 is 0 Å². The van der Waals surface area contributed by atoms with Gasteiger partial charge in [-0.2, -0.15) is 0 Å². The molecule has 0 fully saturated rings. The molecule has 22 heavy (non-hydrogen) atoms. The second kappa shape index (κ2) is 7.98. The molecule has 0 saturated heterocycles. The van der Waals surface area contributed by atoms with Crippen LogP contribution in [0.2, 0.25) is 0 Å². The molecule has 1 aliphatic heterocycles. The van der Waals surface area contributed by atoms with Gasteiger partial charge in [-0.3, -0.25) is 9.80 Å². The van der Waals surface area contributed by atoms with Gasteiger partial charge in [0.25, 0.3) is 0 Å². The molecule has 1 atom stereocenters. The summed E-state index contributed by atoms with van der Waals surface area (Å²) in [6.07, 6.45) is 1.16. The standard InChI is InChI=1S/C19H32N2O/c1-6-20(7-2)14-17-12-16-10-11-21(8-3)15(5)18(16)13-19(17)22-9-4/h12-13,15H,6-11,14H2,1-5H3. The summed E-state index contributed by atoms with van der Waals surface area (Å²) in [5.74, 6) is 1.08. The summed E-state index contributed by atoms with van der Waals surface area (Å²) in [4.78, 5) is 5.00. The van der Waals surface area contributed by atoms with Crippen molar-refractivity contribution in [1.29, 1.82) is 0 Å². The molecule has 3 heteroatoms. The van der Waals surface area contributed by atoms with Gasteiger partial charge in [0.2, 0.25) is 0 Å². The molecule has 3 nitrogen and oxygen atoms in total. The molecule has 1 aromatic rings. The van der Waals surface area contributed by atoms with Gasteiger partial charge in [0.15, 0.2) is 0 Å². The second-order valence-corrected chi connectivity index (χ2v) is 6.11. The van der Waals surface area contributed by atoms with E-state index in [2.05, 4.69) is 56.6 Å². The Bertz CT molecular complexity index is 483. The van der Waals surface area contributed by atoms with Crippen molar-refractivity contribution < 1.29 is 4.74 Å². The number of fused-ring (bicyclic) bond motifs is 1. The summed E-state index contributed by atoms with van der Waals surface area (Å²) in [6.45, 7) is 17.3. The summed E-state index contributed by atoms with van der Waals surface area (Å²) in [6, 6.07) is 5.21. The molecule has 1 unspecified atom stereocenters. The molecule has 0 saturated carbocycles. The molecule has 0 spiro atoms. The van der Waals surface area contributed by atoms with E-state index in [0.717, 1.165) is 45.0 Å². The van der Waals surface area contributed by atoms with Crippen LogP contribution in [0, 0.1) is 0 Å². The maximum atomic E-state index is 5.96. The Kier molecular flexibility index (Phi) is 6.27. The summed E-state index contributed by atoms with van der Waals surface area (Å²) >= 11 is 0. The highest BCUT2D eigenvalue weighted by molar-refractivity contribution is 5.45. The van der Waals surface area contributed by atoms with Gasteiger partial charge in [0, 0.05) is 24.7 Å². The largest absolute Gasteiger partial charge is 0.494 e. The van der Waals surface area contributed by atoms with Gasteiger partial charge in [-0.05, 0) is 57.1 Å². The molecular weight excluding hydrogens is 272 g/mol. The van der Waals surface area contributed by atoms with Gasteiger partial charge in [0.1, 0.15) is 5.75 Å². The topological polar surface area (TPSA) is 15.7 Å². The Morgan fingerprint density at radius 2 is 1.91 bits per heavy atom. The first kappa shape index (κ1) is 17.3. The fraction of sp³-hybridized carbons (Fsp3) is 0.684. The highest BCUT2D eigenvalue weighted by atomic mass is 16.5. The Hall–Kier alpha value is -1.06. The van der Waals surface area contributed by atoms with Gasteiger partial charge in [-0.15, -0.1) is 0 Å². The molecule has 0 amide bonds. The summed E-state index contributed by atoms with van der Waals surface area (Å²) < 4.78 is 5.96. The number of hydrogen-bond acceptors (Lipinski definition) is 3. The predicted molar refractivity (Wildman–Crippen MR) is 93.6 cm³/mol. The van der Waals surface area contributed by atoms with E-state index in [4.69, 9.17) is 4.74 Å². The van der Waals surface area contributed by atoms with Crippen molar-refractivity contribution in [2.24, 2.45) is 0 Å². The van der Waals surface area contributed by atoms with E-state index < -0.39 is 0 Å². The molecule has 124 valence electrons. The zero-order chi connectivity index (χ0) is 16.1. The summed E-state index contributed by atoms with van der Waals surface area (Å²) in [5.41, 5.74) is 4.32. The zero-order valence-electron chi connectivity index (χ0n) is 15.0. The van der Waals surface area contributed by atoms with Crippen molar-refractivity contribution in [2.45, 2.75) is 53.6 Å². The van der Waals surface area contributed by atoms with E-state index in [1.54, 1.807) is 0 Å². The SMILES string of the molecule is CCOc1cc2c(cc1CN(CC)CC)CCN(CC)C2C. The quantitative estimate of drug-likeness (QED) is 0.760. The van der Waals surface area contributed by atoms with Gasteiger partial charge < -0.3 is 4.74 Å². The first-order chi connectivity index (χ1) is 10.6. The van der Waals surface area contributed by atoms with Crippen LogP contribution in [0.5, 0.6) is 5.75 Å². The maximum absolute atomic E-state index is 5.96. The number of likely N-dealkylation sites (N-methyl/N-ethyl adjacent to an activating group) is 1. The third kappa shape index (κ3) is 3.64. The lowest BCUT2D eigenvalue weighted by atomic mass is 9.91. The third-order valence-corrected chi connectivity index (χ3v) is 4.98. The van der Waals surface area contributed by atoms with Crippen LogP contribution in [-0.2, 0) is 13.0 Å². The lowest BCUT2D eigenvalue weighted by molar-refractivity contribution is 0.208. The van der Waals surface area contributed by atoms with Crippen LogP contribution >= 0.6 is 0 Å². The van der Waals surface area contributed by atoms with E-state index in [1.165, 1.54) is 23.2 Å². The number of nitrogens with zero attached hydrogens (tertiary/aromatic N) is 2. The average Bonchev–Trinajstić information content (AvgIpc) is 2.54. The molecule has 0 radical (unpaired) electrons. The van der Waals surface area contributed by atoms with E-state index in [1.807, 2.05) is 0 Å². The van der Waals surface area contributed by atoms with Gasteiger partial charge in [-0.1, -0.05) is 26.8 Å². The van der Waals surface area contributed by atoms with Crippen LogP contribution in [0.4, 0.5) is 0 Å². The number of hydrogen-bond donors (Lipinski definition) is 0. The van der Waals surface area contributed by atoms with Crippen LogP contribution in [0.3, 0.4) is 0 Å². The van der Waals surface area contributed by atoms with E-state index in [0.29, 0.717) is 6.04 Å². The van der Waals surface area contributed by atoms with Crippen molar-refractivity contribution in [3.05, 3.63) is 28.8 Å². The van der Waals surface area contributed by atoms with Crippen molar-refractivity contribution in [2.75, 3.05) is 32.8 Å². The van der Waals surface area contributed by atoms with Crippen LogP contribution in [0.25, 0.3) is 0 Å². The zero-order valence-corrected chi connectivity index (χ0v) is 15.0. The number of ether oxygens (including phenoxy) is 1. The third-order valence-electron chi connectivity index (χ3n) is 4.98. The first-order valence-corrected chi connectivity index (χ1v) is 8.89. The molecule has 0 aromatic heterocycles. The van der Waals surface area contributed by atoms with Crippen molar-refractivity contribution in [1.82, 2.24) is 9.80 Å². The smallest absolute Gasteiger partial charge is 0.124 e. The fourth-order valence-electron chi connectivity index (χ4n) is 3.48. The van der Waals surface area contributed by atoms with Crippen LogP contribution < -0.4 is 4.74 Å². The molecule has 0 bridgehead atoms. The average molecular weight is 304 g/mol. The van der Waals surface area contributed by atoms with Crippen LogP contribution in [-0.4, -0.2) is 42.6 Å². The highest BCUT2D eigenvalue weighted by Gasteiger charge is 2.24. The van der Waals surface area contributed by atoms with Crippen LogP contribution in [0.1, 0.15) is 57.4 Å². The lowest BCUT2D eigenvalue weighted by Gasteiger charge is -2.35. The molecule has 1 heterocycles. The molecule has 1 aliphatic rings. The fourth-order valence-corrected chi connectivity index (χ4v) is 3.48. The van der Waals surface area contributed by atoms with Crippen molar-refractivity contribution >= 4 is 0 Å². The molecule has 0 N–H and O–H groups in total. The normalized spacial score (nSPS) is 18.5. The second-order valence-electron chi connectivity index (χ2n) is 6.11. The van der Waals surface area contributed by atoms with E-state index in [-0.39, 0.29) is 0 Å². The Labute approximate surface area is 136 Å². The molecular formula is C19H32N2O. The molecule has 1 aromatic carbocycles. The Balaban J connectivity index is 2.35. The summed E-state index contributed by atoms with van der Waals surface area (Å²) in [7, 11) is 0. The predicted octanol–water partition coefficient (Wildman–Crippen LogP) is 3.87. The highest BCUT2D eigenvalue weighted by Crippen LogP contribution is 2.34. The van der Waals surface area contributed by atoms with Crippen LogP contribution in [0.15, 0.2) is 12.1 Å². The minimum Gasteiger partial charge on any atom is -0.494 e. The molecule has 2 rings (SSSR count). The minimum absolute atomic E-state index is 0.496. The lowest BCUT2D eigenvalue weighted by Crippen LogP contribution is -2.34. The first-order valence-electron chi connectivity index (χ1n) is 8.89. The van der Waals surface area contributed by atoms with Crippen molar-refractivity contribution in [3.63, 3.8) is 0 Å². The van der Waals surface area contributed by atoms with E-state index in [9.17, 15) is 0 Å². The maximum Gasteiger partial charge on any atom is 0.124 e.